The van der Waals surface area contributed by atoms with Crippen LogP contribution < -0.4 is 4.74 Å². The van der Waals surface area contributed by atoms with Gasteiger partial charge < -0.3 is 9.84 Å². The SMILES string of the molecule is C[C@@H]1CN([C@H](C)CO)S(=O)(=O)c2ccc(C#CC3CC3)cc2O[C@@H]1CN(C)Cc1cncnc1. The molecule has 0 radical (unpaired) electrons. The maximum absolute atomic E-state index is 13.6. The zero-order chi connectivity index (χ0) is 24.3. The minimum atomic E-state index is -3.85. The molecule has 1 aliphatic heterocycles. The maximum atomic E-state index is 13.6. The number of likely N-dealkylation sites (N-methyl/N-ethyl adjacent to an activating group) is 1. The van der Waals surface area contributed by atoms with Crippen molar-refractivity contribution in [2.75, 3.05) is 26.7 Å². The molecule has 8 nitrogen and oxygen atoms in total. The lowest BCUT2D eigenvalue weighted by atomic mass is 10.0. The summed E-state index contributed by atoms with van der Waals surface area (Å²) in [5.74, 6) is 7.02. The fourth-order valence-electron chi connectivity index (χ4n) is 4.03. The molecule has 9 heteroatoms. The van der Waals surface area contributed by atoms with E-state index in [2.05, 4.69) is 26.7 Å². The standard InChI is InChI=1S/C25H32N4O4S/c1-18-13-29(19(2)16-30)34(31,32)25-9-8-21(7-6-20-4-5-20)10-23(25)33-24(18)15-28(3)14-22-11-26-17-27-12-22/h8-12,17-20,24,30H,4-5,13-16H2,1-3H3/t18-,19-,24-/m1/s1. The number of hydrogen-bond donors (Lipinski definition) is 1. The fraction of sp³-hybridized carbons (Fsp3) is 0.520. The minimum absolute atomic E-state index is 0.112. The van der Waals surface area contributed by atoms with Crippen LogP contribution in [0.25, 0.3) is 0 Å². The van der Waals surface area contributed by atoms with Gasteiger partial charge >= 0.3 is 0 Å². The summed E-state index contributed by atoms with van der Waals surface area (Å²) < 4.78 is 34.9. The number of rotatable bonds is 6. The molecule has 0 unspecified atom stereocenters. The van der Waals surface area contributed by atoms with Gasteiger partial charge in [0, 0.05) is 61.0 Å². The van der Waals surface area contributed by atoms with Gasteiger partial charge in [-0.2, -0.15) is 4.31 Å². The van der Waals surface area contributed by atoms with E-state index in [1.165, 1.54) is 10.6 Å². The normalized spacial score (nSPS) is 23.1. The monoisotopic (exact) mass is 484 g/mol. The van der Waals surface area contributed by atoms with Gasteiger partial charge in [0.05, 0.1) is 6.61 Å². The average molecular weight is 485 g/mol. The topological polar surface area (TPSA) is 95.9 Å². The van der Waals surface area contributed by atoms with Gasteiger partial charge in [-0.3, -0.25) is 4.90 Å². The summed E-state index contributed by atoms with van der Waals surface area (Å²) in [6.45, 7) is 4.92. The van der Waals surface area contributed by atoms with E-state index in [1.54, 1.807) is 37.5 Å². The van der Waals surface area contributed by atoms with Crippen molar-refractivity contribution in [1.29, 1.82) is 0 Å². The van der Waals surface area contributed by atoms with Gasteiger partial charge in [-0.05, 0) is 45.0 Å². The van der Waals surface area contributed by atoms with Crippen LogP contribution in [0.5, 0.6) is 5.75 Å². The summed E-state index contributed by atoms with van der Waals surface area (Å²) in [5, 5.41) is 9.79. The van der Waals surface area contributed by atoms with Crippen molar-refractivity contribution >= 4 is 10.0 Å². The quantitative estimate of drug-likeness (QED) is 0.628. The largest absolute Gasteiger partial charge is 0.487 e. The molecule has 0 spiro atoms. The Bertz CT molecular complexity index is 1160. The van der Waals surface area contributed by atoms with Gasteiger partial charge in [-0.15, -0.1) is 0 Å². The van der Waals surface area contributed by atoms with Crippen LogP contribution in [0.3, 0.4) is 0 Å². The second-order valence-electron chi connectivity index (χ2n) is 9.39. The van der Waals surface area contributed by atoms with Crippen molar-refractivity contribution in [3.8, 4) is 17.6 Å². The summed E-state index contributed by atoms with van der Waals surface area (Å²) in [4.78, 5) is 10.4. The number of hydrogen-bond acceptors (Lipinski definition) is 7. The highest BCUT2D eigenvalue weighted by Gasteiger charge is 2.38. The van der Waals surface area contributed by atoms with E-state index >= 15 is 0 Å². The number of aliphatic hydroxyl groups is 1. The smallest absolute Gasteiger partial charge is 0.247 e. The number of fused-ring (bicyclic) bond motifs is 1. The number of sulfonamides is 1. The van der Waals surface area contributed by atoms with E-state index in [0.717, 1.165) is 24.0 Å². The maximum Gasteiger partial charge on any atom is 0.247 e. The Hall–Kier alpha value is -2.51. The van der Waals surface area contributed by atoms with Crippen molar-refractivity contribution in [3.05, 3.63) is 48.0 Å². The summed E-state index contributed by atoms with van der Waals surface area (Å²) in [5.41, 5.74) is 1.73. The molecule has 0 bridgehead atoms. The first kappa shape index (κ1) is 24.6. The van der Waals surface area contributed by atoms with Crippen molar-refractivity contribution < 1.29 is 18.3 Å². The number of ether oxygens (including phenoxy) is 1. The molecular weight excluding hydrogens is 452 g/mol. The predicted molar refractivity (Wildman–Crippen MR) is 128 cm³/mol. The first-order valence-corrected chi connectivity index (χ1v) is 13.1. The lowest BCUT2D eigenvalue weighted by Gasteiger charge is -2.37. The third kappa shape index (κ3) is 5.76. The molecule has 1 aliphatic carbocycles. The highest BCUT2D eigenvalue weighted by molar-refractivity contribution is 7.89. The second kappa shape index (κ2) is 10.4. The van der Waals surface area contributed by atoms with E-state index in [0.29, 0.717) is 24.8 Å². The van der Waals surface area contributed by atoms with Gasteiger partial charge in [0.2, 0.25) is 10.0 Å². The molecule has 182 valence electrons. The van der Waals surface area contributed by atoms with Crippen molar-refractivity contribution in [3.63, 3.8) is 0 Å². The molecule has 4 rings (SSSR count). The summed E-state index contributed by atoms with van der Waals surface area (Å²) in [7, 11) is -1.86. The van der Waals surface area contributed by atoms with Crippen molar-refractivity contribution in [2.45, 2.75) is 50.3 Å². The zero-order valence-corrected chi connectivity index (χ0v) is 20.7. The number of aromatic nitrogens is 2. The average Bonchev–Trinajstić information content (AvgIpc) is 3.64. The lowest BCUT2D eigenvalue weighted by Crippen LogP contribution is -2.49. The number of aliphatic hydroxyl groups excluding tert-OH is 1. The van der Waals surface area contributed by atoms with Gasteiger partial charge in [-0.1, -0.05) is 18.8 Å². The van der Waals surface area contributed by atoms with Crippen LogP contribution in [-0.4, -0.2) is 71.6 Å². The van der Waals surface area contributed by atoms with Crippen LogP contribution in [-0.2, 0) is 16.6 Å². The van der Waals surface area contributed by atoms with E-state index in [4.69, 9.17) is 4.74 Å². The predicted octanol–water partition coefficient (Wildman–Crippen LogP) is 2.14. The number of nitrogens with zero attached hydrogens (tertiary/aromatic N) is 4. The van der Waals surface area contributed by atoms with Crippen LogP contribution in [0.1, 0.15) is 37.8 Å². The molecule has 1 aromatic carbocycles. The second-order valence-corrected chi connectivity index (χ2v) is 11.2. The molecular formula is C25H32N4O4S. The first-order chi connectivity index (χ1) is 16.3. The molecule has 1 saturated carbocycles. The Morgan fingerprint density at radius 1 is 1.29 bits per heavy atom. The Balaban J connectivity index is 1.66. The Morgan fingerprint density at radius 3 is 2.71 bits per heavy atom. The van der Waals surface area contributed by atoms with Crippen molar-refractivity contribution in [1.82, 2.24) is 19.2 Å². The third-order valence-corrected chi connectivity index (χ3v) is 8.24. The van der Waals surface area contributed by atoms with E-state index in [-0.39, 0.29) is 30.1 Å². The third-order valence-electron chi connectivity index (χ3n) is 6.22. The Labute approximate surface area is 202 Å². The molecule has 1 N–H and O–H groups in total. The van der Waals surface area contributed by atoms with Crippen LogP contribution in [0, 0.1) is 23.7 Å². The molecule has 2 aromatic rings. The van der Waals surface area contributed by atoms with E-state index in [9.17, 15) is 13.5 Å². The fourth-order valence-corrected chi connectivity index (χ4v) is 5.86. The molecule has 1 fully saturated rings. The summed E-state index contributed by atoms with van der Waals surface area (Å²) >= 11 is 0. The van der Waals surface area contributed by atoms with Gasteiger partial charge in [-0.25, -0.2) is 18.4 Å². The van der Waals surface area contributed by atoms with Crippen LogP contribution in [0.15, 0.2) is 41.8 Å². The first-order valence-electron chi connectivity index (χ1n) is 11.6. The van der Waals surface area contributed by atoms with E-state index < -0.39 is 16.1 Å². The summed E-state index contributed by atoms with van der Waals surface area (Å²) in [6, 6.07) is 4.50. The summed E-state index contributed by atoms with van der Waals surface area (Å²) in [6.07, 6.45) is 7.03. The molecule has 0 saturated heterocycles. The highest BCUT2D eigenvalue weighted by atomic mass is 32.2. The molecule has 2 aliphatic rings. The van der Waals surface area contributed by atoms with E-state index in [1.807, 2.05) is 14.0 Å². The van der Waals surface area contributed by atoms with Crippen LogP contribution in [0.2, 0.25) is 0 Å². The van der Waals surface area contributed by atoms with Gasteiger partial charge in [0.15, 0.2) is 0 Å². The molecule has 34 heavy (non-hydrogen) atoms. The minimum Gasteiger partial charge on any atom is -0.487 e. The Kier molecular flexibility index (Phi) is 7.53. The Morgan fingerprint density at radius 2 is 2.03 bits per heavy atom. The number of benzene rings is 1. The van der Waals surface area contributed by atoms with Crippen LogP contribution in [0.4, 0.5) is 0 Å². The van der Waals surface area contributed by atoms with Crippen molar-refractivity contribution in [2.24, 2.45) is 11.8 Å². The molecule has 0 amide bonds. The highest BCUT2D eigenvalue weighted by Crippen LogP contribution is 2.34. The van der Waals surface area contributed by atoms with Crippen LogP contribution >= 0.6 is 0 Å². The van der Waals surface area contributed by atoms with Gasteiger partial charge in [0.1, 0.15) is 23.1 Å². The molecule has 1 aromatic heterocycles. The van der Waals surface area contributed by atoms with Gasteiger partial charge in [0.25, 0.3) is 0 Å². The molecule has 2 heterocycles. The lowest BCUT2D eigenvalue weighted by molar-refractivity contribution is 0.0733. The zero-order valence-electron chi connectivity index (χ0n) is 19.9. The molecule has 3 atom stereocenters.